The predicted molar refractivity (Wildman–Crippen MR) is 140 cm³/mol. The number of hydrogen-bond donors (Lipinski definition) is 0. The van der Waals surface area contributed by atoms with Crippen molar-refractivity contribution in [3.63, 3.8) is 0 Å². The van der Waals surface area contributed by atoms with Gasteiger partial charge >= 0.3 is 0 Å². The number of hydrogen-bond acceptors (Lipinski definition) is 5. The van der Waals surface area contributed by atoms with E-state index in [1.165, 1.54) is 0 Å². The van der Waals surface area contributed by atoms with Crippen LogP contribution in [0.1, 0.15) is 18.6 Å². The van der Waals surface area contributed by atoms with E-state index in [9.17, 15) is 0 Å². The summed E-state index contributed by atoms with van der Waals surface area (Å²) in [6.07, 6.45) is 3.12. The van der Waals surface area contributed by atoms with E-state index in [0.717, 1.165) is 38.9 Å². The highest BCUT2D eigenvalue weighted by atomic mass is 35.5. The average Bonchev–Trinajstić information content (AvgIpc) is 2.90. The fraction of sp³-hybridized carbons (Fsp3) is 0.107. The third-order valence-electron chi connectivity index (χ3n) is 5.69. The van der Waals surface area contributed by atoms with E-state index in [-0.39, 0.29) is 6.10 Å². The SMILES string of the molecule is COc1cccc(-c2ccc3nc(-c4cccnc4)nc(OC(C)c4ccc(Cl)c(Cl)c4)c3c2)c1. The second-order valence-electron chi connectivity index (χ2n) is 7.99. The van der Waals surface area contributed by atoms with Crippen LogP contribution in [-0.4, -0.2) is 22.1 Å². The van der Waals surface area contributed by atoms with Crippen LogP contribution in [0.4, 0.5) is 0 Å². The lowest BCUT2D eigenvalue weighted by atomic mass is 10.0. The number of nitrogens with zero attached hydrogens (tertiary/aromatic N) is 3. The maximum absolute atomic E-state index is 6.41. The summed E-state index contributed by atoms with van der Waals surface area (Å²) in [5.41, 5.74) is 4.48. The van der Waals surface area contributed by atoms with Gasteiger partial charge in [-0.3, -0.25) is 4.98 Å². The van der Waals surface area contributed by atoms with Gasteiger partial charge in [-0.1, -0.05) is 47.5 Å². The molecule has 0 radical (unpaired) electrons. The minimum atomic E-state index is -0.329. The number of methoxy groups -OCH3 is 1. The van der Waals surface area contributed by atoms with Gasteiger partial charge in [-0.15, -0.1) is 0 Å². The molecule has 0 N–H and O–H groups in total. The Kier molecular flexibility index (Phi) is 6.53. The van der Waals surface area contributed by atoms with Gasteiger partial charge in [0.05, 0.1) is 28.1 Å². The van der Waals surface area contributed by atoms with Crippen molar-refractivity contribution in [1.82, 2.24) is 15.0 Å². The van der Waals surface area contributed by atoms with Crippen LogP contribution in [-0.2, 0) is 0 Å². The lowest BCUT2D eigenvalue weighted by Gasteiger charge is -2.17. The molecule has 0 fully saturated rings. The summed E-state index contributed by atoms with van der Waals surface area (Å²) in [6, 6.07) is 23.2. The second-order valence-corrected chi connectivity index (χ2v) is 8.81. The molecule has 7 heteroatoms. The van der Waals surface area contributed by atoms with Crippen LogP contribution in [0.5, 0.6) is 11.6 Å². The second kappa shape index (κ2) is 9.90. The van der Waals surface area contributed by atoms with E-state index in [2.05, 4.69) is 4.98 Å². The number of pyridine rings is 1. The Labute approximate surface area is 213 Å². The Morgan fingerprint density at radius 3 is 2.40 bits per heavy atom. The molecule has 0 aliphatic rings. The molecule has 0 amide bonds. The maximum atomic E-state index is 6.41. The third-order valence-corrected chi connectivity index (χ3v) is 6.42. The molecule has 0 saturated heterocycles. The highest BCUT2D eigenvalue weighted by molar-refractivity contribution is 6.42. The summed E-state index contributed by atoms with van der Waals surface area (Å²) < 4.78 is 11.8. The normalized spacial score (nSPS) is 11.9. The molecule has 0 spiro atoms. The number of fused-ring (bicyclic) bond motifs is 1. The van der Waals surface area contributed by atoms with Gasteiger partial charge < -0.3 is 9.47 Å². The topological polar surface area (TPSA) is 57.1 Å². The fourth-order valence-electron chi connectivity index (χ4n) is 3.80. The molecule has 174 valence electrons. The fourth-order valence-corrected chi connectivity index (χ4v) is 4.10. The molecule has 0 bridgehead atoms. The van der Waals surface area contributed by atoms with Gasteiger partial charge in [0.15, 0.2) is 5.82 Å². The molecule has 5 rings (SSSR count). The van der Waals surface area contributed by atoms with Gasteiger partial charge in [0, 0.05) is 18.0 Å². The van der Waals surface area contributed by atoms with Crippen LogP contribution in [0.2, 0.25) is 10.0 Å². The van der Waals surface area contributed by atoms with Crippen molar-refractivity contribution in [1.29, 1.82) is 0 Å². The minimum Gasteiger partial charge on any atom is -0.497 e. The molecular formula is C28H21Cl2N3O2. The van der Waals surface area contributed by atoms with Crippen LogP contribution in [0.15, 0.2) is 85.2 Å². The van der Waals surface area contributed by atoms with Crippen molar-refractivity contribution in [2.45, 2.75) is 13.0 Å². The van der Waals surface area contributed by atoms with E-state index in [4.69, 9.17) is 42.6 Å². The van der Waals surface area contributed by atoms with Crippen molar-refractivity contribution >= 4 is 34.1 Å². The highest BCUT2D eigenvalue weighted by Crippen LogP contribution is 2.34. The summed E-state index contributed by atoms with van der Waals surface area (Å²) in [7, 11) is 1.66. The number of benzene rings is 3. The summed E-state index contributed by atoms with van der Waals surface area (Å²) in [5, 5.41) is 1.77. The molecule has 0 aliphatic carbocycles. The number of halogens is 2. The molecule has 0 saturated carbocycles. The standard InChI is InChI=1S/C28H21Cl2N3O2/c1-17(18-8-10-24(29)25(30)15-18)35-28-23-14-20(19-5-3-7-22(13-19)34-2)9-11-26(23)32-27(33-28)21-6-4-12-31-16-21/h3-17H,1-2H3. The van der Waals surface area contributed by atoms with E-state index in [1.54, 1.807) is 25.6 Å². The first kappa shape index (κ1) is 23.1. The molecule has 2 heterocycles. The Morgan fingerprint density at radius 2 is 1.63 bits per heavy atom. The van der Waals surface area contributed by atoms with Crippen molar-refractivity contribution < 1.29 is 9.47 Å². The first-order valence-electron chi connectivity index (χ1n) is 11.0. The lowest BCUT2D eigenvalue weighted by molar-refractivity contribution is 0.221. The van der Waals surface area contributed by atoms with Gasteiger partial charge in [-0.25, -0.2) is 4.98 Å². The Morgan fingerprint density at radius 1 is 0.800 bits per heavy atom. The first-order chi connectivity index (χ1) is 17.0. The molecule has 1 unspecified atom stereocenters. The van der Waals surface area contributed by atoms with E-state index < -0.39 is 0 Å². The van der Waals surface area contributed by atoms with Crippen LogP contribution >= 0.6 is 23.2 Å². The molecule has 1 atom stereocenters. The molecule has 2 aromatic heterocycles. The summed E-state index contributed by atoms with van der Waals surface area (Å²) in [6.45, 7) is 1.95. The van der Waals surface area contributed by atoms with Crippen molar-refractivity contribution in [3.05, 3.63) is 101 Å². The average molecular weight is 502 g/mol. The third kappa shape index (κ3) is 4.92. The van der Waals surface area contributed by atoms with Crippen LogP contribution in [0, 0.1) is 0 Å². The monoisotopic (exact) mass is 501 g/mol. The van der Waals surface area contributed by atoms with Gasteiger partial charge in [0.25, 0.3) is 0 Å². The molecule has 35 heavy (non-hydrogen) atoms. The zero-order chi connectivity index (χ0) is 24.4. The van der Waals surface area contributed by atoms with Crippen molar-refractivity contribution in [2.24, 2.45) is 0 Å². The van der Waals surface area contributed by atoms with Crippen molar-refractivity contribution in [2.75, 3.05) is 7.11 Å². The zero-order valence-corrected chi connectivity index (χ0v) is 20.6. The largest absolute Gasteiger partial charge is 0.497 e. The van der Waals surface area contributed by atoms with E-state index >= 15 is 0 Å². The number of rotatable bonds is 6. The van der Waals surface area contributed by atoms with Crippen molar-refractivity contribution in [3.8, 4) is 34.1 Å². The van der Waals surface area contributed by atoms with E-state index in [1.807, 2.05) is 73.7 Å². The maximum Gasteiger partial charge on any atom is 0.225 e. The summed E-state index contributed by atoms with van der Waals surface area (Å²) >= 11 is 12.3. The van der Waals surface area contributed by atoms with Crippen LogP contribution < -0.4 is 9.47 Å². The molecule has 5 aromatic rings. The van der Waals surface area contributed by atoms with Gasteiger partial charge in [-0.05, 0) is 72.1 Å². The first-order valence-corrected chi connectivity index (χ1v) is 11.8. The zero-order valence-electron chi connectivity index (χ0n) is 19.1. The highest BCUT2D eigenvalue weighted by Gasteiger charge is 2.17. The molecule has 5 nitrogen and oxygen atoms in total. The van der Waals surface area contributed by atoms with Crippen LogP contribution in [0.25, 0.3) is 33.4 Å². The van der Waals surface area contributed by atoms with E-state index in [0.29, 0.717) is 21.7 Å². The Bertz CT molecular complexity index is 1510. The predicted octanol–water partition coefficient (Wildman–Crippen LogP) is 7.81. The lowest BCUT2D eigenvalue weighted by Crippen LogP contribution is -2.06. The van der Waals surface area contributed by atoms with Gasteiger partial charge in [0.1, 0.15) is 11.9 Å². The molecular weight excluding hydrogens is 481 g/mol. The Hall–Kier alpha value is -3.67. The smallest absolute Gasteiger partial charge is 0.225 e. The molecule has 3 aromatic carbocycles. The summed E-state index contributed by atoms with van der Waals surface area (Å²) in [4.78, 5) is 13.8. The minimum absolute atomic E-state index is 0.329. The van der Waals surface area contributed by atoms with Gasteiger partial charge in [0.2, 0.25) is 5.88 Å². The Balaban J connectivity index is 1.63. The summed E-state index contributed by atoms with van der Waals surface area (Å²) in [5.74, 6) is 1.80. The molecule has 0 aliphatic heterocycles. The van der Waals surface area contributed by atoms with Crippen LogP contribution in [0.3, 0.4) is 0 Å². The number of ether oxygens (including phenoxy) is 2. The van der Waals surface area contributed by atoms with Gasteiger partial charge in [-0.2, -0.15) is 4.98 Å². The quantitative estimate of drug-likeness (QED) is 0.237. The number of aromatic nitrogens is 3.